The fourth-order valence-electron chi connectivity index (χ4n) is 2.31. The summed E-state index contributed by atoms with van der Waals surface area (Å²) in [5, 5.41) is 12.4. The highest BCUT2D eigenvalue weighted by Crippen LogP contribution is 2.33. The molecule has 1 aromatic rings. The average molecular weight is 249 g/mol. The topological polar surface area (TPSA) is 58.6 Å². The van der Waals surface area contributed by atoms with Gasteiger partial charge in [-0.1, -0.05) is 12.5 Å². The van der Waals surface area contributed by atoms with Crippen LogP contribution in [0.15, 0.2) is 18.2 Å². The van der Waals surface area contributed by atoms with Crippen molar-refractivity contribution in [1.29, 1.82) is 0 Å². The normalized spacial score (nSPS) is 16.3. The lowest BCUT2D eigenvalue weighted by atomic mass is 9.97. The highest BCUT2D eigenvalue weighted by atomic mass is 16.5. The number of carbonyl (C=O) groups excluding carboxylic acids is 1. The van der Waals surface area contributed by atoms with Crippen molar-refractivity contribution in [2.45, 2.75) is 38.2 Å². The first-order valence-electron chi connectivity index (χ1n) is 6.43. The molecular formula is C14H19NO3. The van der Waals surface area contributed by atoms with Crippen LogP contribution in [0.5, 0.6) is 11.5 Å². The van der Waals surface area contributed by atoms with Gasteiger partial charge in [0.2, 0.25) is 0 Å². The van der Waals surface area contributed by atoms with E-state index in [1.54, 1.807) is 25.2 Å². The van der Waals surface area contributed by atoms with Crippen LogP contribution in [0.25, 0.3) is 0 Å². The zero-order valence-electron chi connectivity index (χ0n) is 10.6. The lowest BCUT2D eigenvalue weighted by Crippen LogP contribution is -2.23. The molecule has 18 heavy (non-hydrogen) atoms. The molecule has 1 aliphatic carbocycles. The zero-order valence-corrected chi connectivity index (χ0v) is 10.6. The molecule has 1 aromatic carbocycles. The summed E-state index contributed by atoms with van der Waals surface area (Å²) in [4.78, 5) is 11.7. The molecule has 2 rings (SSSR count). The summed E-state index contributed by atoms with van der Waals surface area (Å²) in [6.45, 7) is 0. The maximum absolute atomic E-state index is 11.7. The Bertz CT molecular complexity index is 425. The van der Waals surface area contributed by atoms with Crippen LogP contribution in [0.2, 0.25) is 0 Å². The molecule has 0 radical (unpaired) electrons. The molecule has 4 heteroatoms. The van der Waals surface area contributed by atoms with Gasteiger partial charge in [0.05, 0.1) is 11.7 Å². The molecule has 0 atom stereocenters. The van der Waals surface area contributed by atoms with E-state index >= 15 is 0 Å². The smallest absolute Gasteiger partial charge is 0.254 e. The van der Waals surface area contributed by atoms with Gasteiger partial charge in [-0.3, -0.25) is 4.79 Å². The number of benzene rings is 1. The first-order valence-corrected chi connectivity index (χ1v) is 6.43. The van der Waals surface area contributed by atoms with Gasteiger partial charge in [-0.15, -0.1) is 0 Å². The second kappa shape index (κ2) is 5.76. The van der Waals surface area contributed by atoms with E-state index in [0.717, 1.165) is 25.7 Å². The third-order valence-electron chi connectivity index (χ3n) is 3.30. The minimum Gasteiger partial charge on any atom is -0.504 e. The summed E-state index contributed by atoms with van der Waals surface area (Å²) in [5.41, 5.74) is 0.392. The maximum Gasteiger partial charge on any atom is 0.254 e. The quantitative estimate of drug-likeness (QED) is 0.865. The number of phenolic OH excluding ortho intramolecular Hbond substituents is 1. The van der Waals surface area contributed by atoms with Crippen LogP contribution in [0, 0.1) is 0 Å². The van der Waals surface area contributed by atoms with Gasteiger partial charge in [0, 0.05) is 7.05 Å². The number of hydrogen-bond acceptors (Lipinski definition) is 3. The summed E-state index contributed by atoms with van der Waals surface area (Å²) in [7, 11) is 1.57. The average Bonchev–Trinajstić information content (AvgIpc) is 2.41. The lowest BCUT2D eigenvalue weighted by molar-refractivity contribution is 0.0948. The summed E-state index contributed by atoms with van der Waals surface area (Å²) < 4.78 is 5.83. The van der Waals surface area contributed by atoms with Crippen LogP contribution in [0.4, 0.5) is 0 Å². The van der Waals surface area contributed by atoms with Gasteiger partial charge in [0.1, 0.15) is 0 Å². The highest BCUT2D eigenvalue weighted by molar-refractivity contribution is 5.97. The van der Waals surface area contributed by atoms with Gasteiger partial charge in [0.25, 0.3) is 5.91 Å². The minimum atomic E-state index is -0.239. The number of carbonyl (C=O) groups is 1. The van der Waals surface area contributed by atoms with Crippen molar-refractivity contribution in [2.75, 3.05) is 7.05 Å². The molecule has 1 amide bonds. The molecule has 0 saturated heterocycles. The number of hydrogen-bond donors (Lipinski definition) is 2. The Morgan fingerprint density at radius 1 is 1.33 bits per heavy atom. The second-order valence-corrected chi connectivity index (χ2v) is 4.61. The third kappa shape index (κ3) is 2.75. The first kappa shape index (κ1) is 12.7. The van der Waals surface area contributed by atoms with E-state index in [0.29, 0.717) is 11.3 Å². The number of rotatable bonds is 3. The van der Waals surface area contributed by atoms with Gasteiger partial charge in [0.15, 0.2) is 11.5 Å². The van der Waals surface area contributed by atoms with Crippen molar-refractivity contribution < 1.29 is 14.6 Å². The standard InChI is InChI=1S/C14H19NO3/c1-15-14(17)11-8-5-9-12(16)13(11)18-10-6-3-2-4-7-10/h5,8-10,16H,2-4,6-7H2,1H3,(H,15,17). The number of para-hydroxylation sites is 1. The second-order valence-electron chi connectivity index (χ2n) is 4.61. The molecule has 0 spiro atoms. The summed E-state index contributed by atoms with van der Waals surface area (Å²) in [5.74, 6) is 0.0992. The Balaban J connectivity index is 2.21. The lowest BCUT2D eigenvalue weighted by Gasteiger charge is -2.24. The fourth-order valence-corrected chi connectivity index (χ4v) is 2.31. The Labute approximate surface area is 107 Å². The summed E-state index contributed by atoms with van der Waals surface area (Å²) in [6, 6.07) is 4.86. The molecule has 0 aliphatic heterocycles. The van der Waals surface area contributed by atoms with Gasteiger partial charge >= 0.3 is 0 Å². The molecule has 0 aromatic heterocycles. The zero-order chi connectivity index (χ0) is 13.0. The Morgan fingerprint density at radius 3 is 2.72 bits per heavy atom. The van der Waals surface area contributed by atoms with Crippen LogP contribution in [-0.4, -0.2) is 24.2 Å². The Morgan fingerprint density at radius 2 is 2.06 bits per heavy atom. The predicted octanol–water partition coefficient (Wildman–Crippen LogP) is 2.46. The molecule has 1 saturated carbocycles. The first-order chi connectivity index (χ1) is 8.72. The summed E-state index contributed by atoms with van der Waals surface area (Å²) >= 11 is 0. The number of nitrogens with one attached hydrogen (secondary N) is 1. The van der Waals surface area contributed by atoms with Crippen LogP contribution in [0.3, 0.4) is 0 Å². The van der Waals surface area contributed by atoms with Crippen molar-refractivity contribution in [3.05, 3.63) is 23.8 Å². The van der Waals surface area contributed by atoms with Gasteiger partial charge in [-0.2, -0.15) is 0 Å². The molecular weight excluding hydrogens is 230 g/mol. The van der Waals surface area contributed by atoms with E-state index in [1.807, 2.05) is 0 Å². The number of ether oxygens (including phenoxy) is 1. The third-order valence-corrected chi connectivity index (χ3v) is 3.30. The number of phenols is 1. The van der Waals surface area contributed by atoms with Gasteiger partial charge in [-0.25, -0.2) is 0 Å². The van der Waals surface area contributed by atoms with E-state index in [2.05, 4.69) is 5.32 Å². The van der Waals surface area contributed by atoms with E-state index in [-0.39, 0.29) is 17.8 Å². The van der Waals surface area contributed by atoms with Crippen molar-refractivity contribution >= 4 is 5.91 Å². The molecule has 4 nitrogen and oxygen atoms in total. The fraction of sp³-hybridized carbons (Fsp3) is 0.500. The maximum atomic E-state index is 11.7. The van der Waals surface area contributed by atoms with Crippen LogP contribution < -0.4 is 10.1 Å². The minimum absolute atomic E-state index is 0.0293. The number of amides is 1. The molecule has 1 aliphatic rings. The van der Waals surface area contributed by atoms with E-state index in [4.69, 9.17) is 4.74 Å². The Kier molecular flexibility index (Phi) is 4.07. The van der Waals surface area contributed by atoms with Crippen LogP contribution >= 0.6 is 0 Å². The number of aromatic hydroxyl groups is 1. The van der Waals surface area contributed by atoms with E-state index in [1.165, 1.54) is 6.42 Å². The van der Waals surface area contributed by atoms with Crippen molar-refractivity contribution in [2.24, 2.45) is 0 Å². The van der Waals surface area contributed by atoms with Crippen molar-refractivity contribution in [3.63, 3.8) is 0 Å². The highest BCUT2D eigenvalue weighted by Gasteiger charge is 2.21. The molecule has 2 N–H and O–H groups in total. The van der Waals surface area contributed by atoms with Crippen molar-refractivity contribution in [1.82, 2.24) is 5.32 Å². The van der Waals surface area contributed by atoms with Crippen LogP contribution in [-0.2, 0) is 0 Å². The molecule has 0 bridgehead atoms. The molecule has 0 unspecified atom stereocenters. The van der Waals surface area contributed by atoms with E-state index in [9.17, 15) is 9.90 Å². The Hall–Kier alpha value is -1.71. The van der Waals surface area contributed by atoms with Gasteiger partial charge < -0.3 is 15.2 Å². The van der Waals surface area contributed by atoms with Gasteiger partial charge in [-0.05, 0) is 37.8 Å². The largest absolute Gasteiger partial charge is 0.504 e. The molecule has 98 valence electrons. The summed E-state index contributed by atoms with van der Waals surface area (Å²) in [6.07, 6.45) is 5.61. The van der Waals surface area contributed by atoms with E-state index < -0.39 is 0 Å². The molecule has 1 fully saturated rings. The predicted molar refractivity (Wildman–Crippen MR) is 69.0 cm³/mol. The SMILES string of the molecule is CNC(=O)c1cccc(O)c1OC1CCCCC1. The van der Waals surface area contributed by atoms with Crippen molar-refractivity contribution in [3.8, 4) is 11.5 Å². The monoisotopic (exact) mass is 249 g/mol. The molecule has 0 heterocycles. The van der Waals surface area contributed by atoms with Crippen LogP contribution in [0.1, 0.15) is 42.5 Å².